The van der Waals surface area contributed by atoms with Gasteiger partial charge in [0.2, 0.25) is 0 Å². The number of methoxy groups -OCH3 is 1. The van der Waals surface area contributed by atoms with Crippen LogP contribution < -0.4 is 19.9 Å². The Hall–Kier alpha value is -2.12. The second kappa shape index (κ2) is 9.54. The van der Waals surface area contributed by atoms with E-state index in [2.05, 4.69) is 12.2 Å². The zero-order valence-corrected chi connectivity index (χ0v) is 16.3. The average Bonchev–Trinajstić information content (AvgIpc) is 2.67. The van der Waals surface area contributed by atoms with Gasteiger partial charge in [-0.2, -0.15) is 0 Å². The molecule has 0 saturated carbocycles. The minimum atomic E-state index is -0.236. The van der Waals surface area contributed by atoms with E-state index in [0.29, 0.717) is 0 Å². The number of quaternary nitrogens is 2. The Labute approximate surface area is 155 Å². The Bertz CT molecular complexity index is 597. The lowest BCUT2D eigenvalue weighted by atomic mass is 10.2. The smallest absolute Gasteiger partial charge is 0.280 e. The van der Waals surface area contributed by atoms with Crippen molar-refractivity contribution >= 4 is 17.5 Å². The lowest BCUT2D eigenvalue weighted by molar-refractivity contribution is -0.903. The van der Waals surface area contributed by atoms with Gasteiger partial charge in [0, 0.05) is 5.69 Å². The first-order valence-corrected chi connectivity index (χ1v) is 9.33. The van der Waals surface area contributed by atoms with Crippen molar-refractivity contribution in [2.24, 2.45) is 0 Å². The third-order valence-corrected chi connectivity index (χ3v) is 5.21. The van der Waals surface area contributed by atoms with Crippen molar-refractivity contribution in [3.8, 4) is 5.75 Å². The molecule has 144 valence electrons. The molecule has 1 heterocycles. The number of anilines is 1. The Balaban J connectivity index is 1.82. The monoisotopic (exact) mass is 364 g/mol. The maximum atomic E-state index is 12.7. The molecule has 7 heteroatoms. The van der Waals surface area contributed by atoms with Crippen molar-refractivity contribution < 1.29 is 24.1 Å². The van der Waals surface area contributed by atoms with Crippen molar-refractivity contribution in [2.45, 2.75) is 19.9 Å². The second-order valence-corrected chi connectivity index (χ2v) is 6.95. The van der Waals surface area contributed by atoms with Gasteiger partial charge in [-0.15, -0.1) is 0 Å². The van der Waals surface area contributed by atoms with Gasteiger partial charge in [0.15, 0.2) is 12.6 Å². The third kappa shape index (κ3) is 5.44. The fourth-order valence-corrected chi connectivity index (χ4v) is 3.17. The number of hydrogen-bond acceptors (Lipinski definition) is 3. The largest absolute Gasteiger partial charge is 0.497 e. The third-order valence-electron chi connectivity index (χ3n) is 5.21. The van der Waals surface area contributed by atoms with Gasteiger partial charge >= 0.3 is 0 Å². The van der Waals surface area contributed by atoms with Crippen molar-refractivity contribution in [1.82, 2.24) is 4.90 Å². The van der Waals surface area contributed by atoms with Crippen LogP contribution in [0.2, 0.25) is 0 Å². The molecule has 1 unspecified atom stereocenters. The van der Waals surface area contributed by atoms with Crippen LogP contribution in [0, 0.1) is 0 Å². The number of piperazine rings is 1. The molecular weight excluding hydrogens is 332 g/mol. The number of ether oxygens (including phenoxy) is 1. The molecule has 0 spiro atoms. The number of nitrogens with one attached hydrogen (secondary N) is 3. The predicted octanol–water partition coefficient (Wildman–Crippen LogP) is -1.72. The summed E-state index contributed by atoms with van der Waals surface area (Å²) in [4.78, 5) is 29.3. The van der Waals surface area contributed by atoms with Gasteiger partial charge < -0.3 is 24.8 Å². The molecule has 7 nitrogen and oxygen atoms in total. The summed E-state index contributed by atoms with van der Waals surface area (Å²) in [5.74, 6) is 0.775. The molecule has 1 fully saturated rings. The van der Waals surface area contributed by atoms with Crippen molar-refractivity contribution in [2.75, 3.05) is 58.7 Å². The number of likely N-dealkylation sites (N-methyl/N-ethyl adjacent to an activating group) is 2. The molecular formula is C19H32N4O3+2. The van der Waals surface area contributed by atoms with E-state index in [0.717, 1.165) is 49.1 Å². The van der Waals surface area contributed by atoms with Crippen molar-refractivity contribution in [1.29, 1.82) is 0 Å². The summed E-state index contributed by atoms with van der Waals surface area (Å²) in [6.45, 7) is 9.05. The summed E-state index contributed by atoms with van der Waals surface area (Å²) < 4.78 is 5.11. The molecule has 2 amide bonds. The Morgan fingerprint density at radius 3 is 2.42 bits per heavy atom. The Kier molecular flexibility index (Phi) is 7.41. The van der Waals surface area contributed by atoms with Crippen LogP contribution in [0.15, 0.2) is 24.3 Å². The molecule has 26 heavy (non-hydrogen) atoms. The number of rotatable bonds is 7. The van der Waals surface area contributed by atoms with Crippen LogP contribution in [0.1, 0.15) is 13.8 Å². The van der Waals surface area contributed by atoms with Crippen molar-refractivity contribution in [3.63, 3.8) is 0 Å². The predicted molar refractivity (Wildman–Crippen MR) is 101 cm³/mol. The SMILES string of the molecule is CC[NH+]1CCN(C(=O)[C@@H](C)[NH+](C)CC(=O)Nc2ccc(OC)cc2)CC1. The maximum Gasteiger partial charge on any atom is 0.280 e. The number of hydrogen-bond donors (Lipinski definition) is 3. The maximum absolute atomic E-state index is 12.7. The summed E-state index contributed by atoms with van der Waals surface area (Å²) >= 11 is 0. The molecule has 3 N–H and O–H groups in total. The van der Waals surface area contributed by atoms with E-state index in [-0.39, 0.29) is 24.4 Å². The van der Waals surface area contributed by atoms with Gasteiger partial charge in [0.1, 0.15) is 5.75 Å². The summed E-state index contributed by atoms with van der Waals surface area (Å²) in [6, 6.07) is 6.97. The lowest BCUT2D eigenvalue weighted by Gasteiger charge is -2.33. The van der Waals surface area contributed by atoms with E-state index >= 15 is 0 Å². The number of benzene rings is 1. The molecule has 2 atom stereocenters. The molecule has 1 aromatic carbocycles. The van der Waals surface area contributed by atoms with E-state index in [1.54, 1.807) is 36.3 Å². The van der Waals surface area contributed by atoms with Crippen LogP contribution in [0.5, 0.6) is 5.75 Å². The fraction of sp³-hybridized carbons (Fsp3) is 0.579. The topological polar surface area (TPSA) is 67.5 Å². The summed E-state index contributed by atoms with van der Waals surface area (Å²) in [6.07, 6.45) is 0. The van der Waals surface area contributed by atoms with Gasteiger partial charge in [-0.1, -0.05) is 0 Å². The zero-order chi connectivity index (χ0) is 19.1. The molecule has 0 radical (unpaired) electrons. The summed E-state index contributed by atoms with van der Waals surface area (Å²) in [5.41, 5.74) is 0.723. The fourth-order valence-electron chi connectivity index (χ4n) is 3.17. The number of carbonyl (C=O) groups excluding carboxylic acids is 2. The molecule has 2 rings (SSSR count). The number of carbonyl (C=O) groups is 2. The van der Waals surface area contributed by atoms with E-state index in [1.807, 2.05) is 18.9 Å². The van der Waals surface area contributed by atoms with E-state index in [1.165, 1.54) is 0 Å². The minimum Gasteiger partial charge on any atom is -0.497 e. The standard InChI is InChI=1S/C19H30N4O3/c1-5-22-10-12-23(13-11-22)19(25)15(2)21(3)14-18(24)20-16-6-8-17(26-4)9-7-16/h6-9,15H,5,10-14H2,1-4H3,(H,20,24)/p+2/t15-/m1/s1. The second-order valence-electron chi connectivity index (χ2n) is 6.95. The van der Waals surface area contributed by atoms with Gasteiger partial charge in [-0.25, -0.2) is 0 Å². The molecule has 1 aliphatic rings. The Morgan fingerprint density at radius 1 is 1.27 bits per heavy atom. The van der Waals surface area contributed by atoms with Gasteiger partial charge in [-0.3, -0.25) is 9.59 Å². The first kappa shape index (κ1) is 20.2. The molecule has 0 aromatic heterocycles. The van der Waals surface area contributed by atoms with Crippen LogP contribution in [-0.4, -0.2) is 76.2 Å². The highest BCUT2D eigenvalue weighted by Gasteiger charge is 2.31. The Morgan fingerprint density at radius 2 is 1.88 bits per heavy atom. The van der Waals surface area contributed by atoms with Crippen LogP contribution >= 0.6 is 0 Å². The van der Waals surface area contributed by atoms with Crippen LogP contribution in [0.25, 0.3) is 0 Å². The number of amides is 2. The minimum absolute atomic E-state index is 0.104. The van der Waals surface area contributed by atoms with Crippen molar-refractivity contribution in [3.05, 3.63) is 24.3 Å². The summed E-state index contributed by atoms with van der Waals surface area (Å²) in [5, 5.41) is 2.87. The summed E-state index contributed by atoms with van der Waals surface area (Å²) in [7, 11) is 3.50. The highest BCUT2D eigenvalue weighted by Crippen LogP contribution is 2.14. The van der Waals surface area contributed by atoms with E-state index in [4.69, 9.17) is 4.74 Å². The molecule has 1 aliphatic heterocycles. The molecule has 0 aliphatic carbocycles. The van der Waals surface area contributed by atoms with E-state index in [9.17, 15) is 9.59 Å². The lowest BCUT2D eigenvalue weighted by Crippen LogP contribution is -3.16. The van der Waals surface area contributed by atoms with Crippen LogP contribution in [0.3, 0.4) is 0 Å². The zero-order valence-electron chi connectivity index (χ0n) is 16.3. The highest BCUT2D eigenvalue weighted by atomic mass is 16.5. The first-order valence-electron chi connectivity index (χ1n) is 9.33. The van der Waals surface area contributed by atoms with Gasteiger partial charge in [0.25, 0.3) is 11.8 Å². The van der Waals surface area contributed by atoms with Crippen LogP contribution in [-0.2, 0) is 9.59 Å². The van der Waals surface area contributed by atoms with Crippen LogP contribution in [0.4, 0.5) is 5.69 Å². The van der Waals surface area contributed by atoms with Gasteiger partial charge in [0.05, 0.1) is 46.9 Å². The van der Waals surface area contributed by atoms with E-state index < -0.39 is 0 Å². The molecule has 0 bridgehead atoms. The quantitative estimate of drug-likeness (QED) is 0.540. The first-order chi connectivity index (χ1) is 12.4. The molecule has 1 saturated heterocycles. The number of nitrogens with zero attached hydrogens (tertiary/aromatic N) is 1. The van der Waals surface area contributed by atoms with Gasteiger partial charge in [-0.05, 0) is 38.1 Å². The molecule has 1 aromatic rings. The highest BCUT2D eigenvalue weighted by molar-refractivity contribution is 5.91. The normalized spacial score (nSPS) is 17.5. The average molecular weight is 364 g/mol.